The first kappa shape index (κ1) is 13.8. The first-order valence-electron chi connectivity index (χ1n) is 7.25. The van der Waals surface area contributed by atoms with Crippen molar-refractivity contribution in [2.45, 2.75) is 32.4 Å². The molecule has 21 heavy (non-hydrogen) atoms. The normalized spacial score (nSPS) is 14.0. The summed E-state index contributed by atoms with van der Waals surface area (Å²) >= 11 is 0. The van der Waals surface area contributed by atoms with Gasteiger partial charge in [-0.25, -0.2) is 4.39 Å². The first-order valence-corrected chi connectivity index (χ1v) is 7.25. The number of halogens is 1. The number of hydrogen-bond donors (Lipinski definition) is 0. The van der Waals surface area contributed by atoms with Gasteiger partial charge in [-0.05, 0) is 49.6 Å². The van der Waals surface area contributed by atoms with E-state index in [9.17, 15) is 9.18 Å². The third kappa shape index (κ3) is 3.30. The molecule has 1 aliphatic carbocycles. The summed E-state index contributed by atoms with van der Waals surface area (Å²) in [7, 11) is 0. The number of aryl methyl sites for hydroxylation is 1. The topological polar surface area (TPSA) is 20.3 Å². The molecule has 3 heteroatoms. The predicted molar refractivity (Wildman–Crippen MR) is 80.5 cm³/mol. The molecule has 0 aliphatic heterocycles. The highest BCUT2D eigenvalue weighted by Crippen LogP contribution is 2.30. The predicted octanol–water partition coefficient (Wildman–Crippen LogP) is 3.94. The summed E-state index contributed by atoms with van der Waals surface area (Å²) in [5.74, 6) is -0.188. The van der Waals surface area contributed by atoms with Gasteiger partial charge in [-0.1, -0.05) is 29.8 Å². The van der Waals surface area contributed by atoms with Gasteiger partial charge in [0.15, 0.2) is 0 Å². The van der Waals surface area contributed by atoms with E-state index < -0.39 is 0 Å². The summed E-state index contributed by atoms with van der Waals surface area (Å²) in [5.41, 5.74) is 2.77. The van der Waals surface area contributed by atoms with Gasteiger partial charge in [0.25, 0.3) is 5.91 Å². The quantitative estimate of drug-likeness (QED) is 0.832. The molecule has 0 unspecified atom stereocenters. The Hall–Kier alpha value is -2.16. The van der Waals surface area contributed by atoms with Crippen molar-refractivity contribution < 1.29 is 9.18 Å². The number of hydrogen-bond acceptors (Lipinski definition) is 1. The minimum Gasteiger partial charge on any atom is -0.331 e. The van der Waals surface area contributed by atoms with Crippen molar-refractivity contribution in [1.82, 2.24) is 4.90 Å². The van der Waals surface area contributed by atoms with Gasteiger partial charge in [0, 0.05) is 18.2 Å². The Morgan fingerprint density at radius 1 is 1.19 bits per heavy atom. The second-order valence-corrected chi connectivity index (χ2v) is 5.66. The number of benzene rings is 2. The van der Waals surface area contributed by atoms with E-state index in [1.165, 1.54) is 12.1 Å². The molecule has 1 aliphatic rings. The van der Waals surface area contributed by atoms with Gasteiger partial charge in [0.2, 0.25) is 0 Å². The van der Waals surface area contributed by atoms with Crippen molar-refractivity contribution in [3.05, 3.63) is 71.0 Å². The lowest BCUT2D eigenvalue weighted by molar-refractivity contribution is 0.0730. The molecule has 0 heterocycles. The molecule has 0 atom stereocenters. The summed E-state index contributed by atoms with van der Waals surface area (Å²) in [6.07, 6.45) is 2.11. The largest absolute Gasteiger partial charge is 0.331 e. The lowest BCUT2D eigenvalue weighted by Gasteiger charge is -2.23. The molecule has 1 saturated carbocycles. The Bertz CT molecular complexity index is 647. The Kier molecular flexibility index (Phi) is 3.74. The Morgan fingerprint density at radius 2 is 1.90 bits per heavy atom. The average molecular weight is 283 g/mol. The van der Waals surface area contributed by atoms with E-state index in [0.717, 1.165) is 29.5 Å². The average Bonchev–Trinajstić information content (AvgIpc) is 3.30. The van der Waals surface area contributed by atoms with E-state index in [2.05, 4.69) is 0 Å². The van der Waals surface area contributed by atoms with Gasteiger partial charge < -0.3 is 4.90 Å². The van der Waals surface area contributed by atoms with Crippen LogP contribution >= 0.6 is 0 Å². The molecular formula is C18H18FNO. The smallest absolute Gasteiger partial charge is 0.254 e. The molecule has 0 radical (unpaired) electrons. The molecule has 108 valence electrons. The molecule has 1 amide bonds. The minimum atomic E-state index is -0.248. The minimum absolute atomic E-state index is 0.0607. The van der Waals surface area contributed by atoms with E-state index in [1.807, 2.05) is 36.1 Å². The third-order valence-corrected chi connectivity index (χ3v) is 3.78. The molecule has 0 bridgehead atoms. The fraction of sp³-hybridized carbons (Fsp3) is 0.278. The Morgan fingerprint density at radius 3 is 2.52 bits per heavy atom. The molecule has 0 aromatic heterocycles. The highest BCUT2D eigenvalue weighted by atomic mass is 19.1. The standard InChI is InChI=1S/C18H18FNO/c1-13-3-2-4-15(11-13)18(21)20(17-9-10-17)12-14-5-7-16(19)8-6-14/h2-8,11,17H,9-10,12H2,1H3. The molecular weight excluding hydrogens is 265 g/mol. The zero-order valence-corrected chi connectivity index (χ0v) is 12.1. The first-order chi connectivity index (χ1) is 10.1. The summed E-state index contributed by atoms with van der Waals surface area (Å²) < 4.78 is 13.0. The third-order valence-electron chi connectivity index (χ3n) is 3.78. The molecule has 3 rings (SSSR count). The van der Waals surface area contributed by atoms with E-state index in [0.29, 0.717) is 12.6 Å². The van der Waals surface area contributed by atoms with Gasteiger partial charge in [0.05, 0.1) is 0 Å². The SMILES string of the molecule is Cc1cccc(C(=O)N(Cc2ccc(F)cc2)C2CC2)c1. The van der Waals surface area contributed by atoms with E-state index in [4.69, 9.17) is 0 Å². The van der Waals surface area contributed by atoms with Crippen LogP contribution in [0.25, 0.3) is 0 Å². The molecule has 2 nitrogen and oxygen atoms in total. The van der Waals surface area contributed by atoms with E-state index in [-0.39, 0.29) is 11.7 Å². The van der Waals surface area contributed by atoms with Crippen molar-refractivity contribution in [1.29, 1.82) is 0 Å². The number of carbonyl (C=O) groups excluding carboxylic acids is 1. The van der Waals surface area contributed by atoms with Crippen LogP contribution in [0.1, 0.15) is 34.3 Å². The second kappa shape index (κ2) is 5.68. The van der Waals surface area contributed by atoms with Crippen LogP contribution in [0.15, 0.2) is 48.5 Å². The molecule has 2 aromatic carbocycles. The fourth-order valence-electron chi connectivity index (χ4n) is 2.48. The van der Waals surface area contributed by atoms with Crippen molar-refractivity contribution in [3.63, 3.8) is 0 Å². The van der Waals surface area contributed by atoms with Gasteiger partial charge >= 0.3 is 0 Å². The maximum Gasteiger partial charge on any atom is 0.254 e. The van der Waals surface area contributed by atoms with Crippen molar-refractivity contribution in [3.8, 4) is 0 Å². The van der Waals surface area contributed by atoms with Crippen LogP contribution in [0.4, 0.5) is 4.39 Å². The Balaban J connectivity index is 1.81. The van der Waals surface area contributed by atoms with Gasteiger partial charge in [-0.3, -0.25) is 4.79 Å². The van der Waals surface area contributed by atoms with Crippen molar-refractivity contribution >= 4 is 5.91 Å². The van der Waals surface area contributed by atoms with Crippen LogP contribution in [-0.4, -0.2) is 16.8 Å². The summed E-state index contributed by atoms with van der Waals surface area (Å²) in [6.45, 7) is 2.52. The Labute approximate surface area is 124 Å². The van der Waals surface area contributed by atoms with E-state index in [1.54, 1.807) is 12.1 Å². The molecule has 0 spiro atoms. The van der Waals surface area contributed by atoms with Gasteiger partial charge in [-0.15, -0.1) is 0 Å². The highest BCUT2D eigenvalue weighted by Gasteiger charge is 2.33. The maximum absolute atomic E-state index is 13.0. The lowest BCUT2D eigenvalue weighted by atomic mass is 10.1. The monoisotopic (exact) mass is 283 g/mol. The number of nitrogens with zero attached hydrogens (tertiary/aromatic N) is 1. The summed E-state index contributed by atoms with van der Waals surface area (Å²) in [4.78, 5) is 14.6. The number of rotatable bonds is 4. The van der Waals surface area contributed by atoms with Crippen LogP contribution < -0.4 is 0 Å². The fourth-order valence-corrected chi connectivity index (χ4v) is 2.48. The molecule has 0 saturated heterocycles. The zero-order chi connectivity index (χ0) is 14.8. The molecule has 0 N–H and O–H groups in total. The van der Waals surface area contributed by atoms with Crippen LogP contribution in [0.2, 0.25) is 0 Å². The number of carbonyl (C=O) groups is 1. The molecule has 2 aromatic rings. The van der Waals surface area contributed by atoms with Gasteiger partial charge in [0.1, 0.15) is 5.82 Å². The maximum atomic E-state index is 13.0. The summed E-state index contributed by atoms with van der Waals surface area (Å²) in [5, 5.41) is 0. The van der Waals surface area contributed by atoms with Crippen LogP contribution in [0, 0.1) is 12.7 Å². The van der Waals surface area contributed by atoms with Crippen molar-refractivity contribution in [2.24, 2.45) is 0 Å². The lowest BCUT2D eigenvalue weighted by Crippen LogP contribution is -2.32. The van der Waals surface area contributed by atoms with Crippen LogP contribution in [-0.2, 0) is 6.54 Å². The van der Waals surface area contributed by atoms with Crippen LogP contribution in [0.5, 0.6) is 0 Å². The molecule has 1 fully saturated rings. The van der Waals surface area contributed by atoms with Crippen molar-refractivity contribution in [2.75, 3.05) is 0 Å². The summed E-state index contributed by atoms with van der Waals surface area (Å²) in [6, 6.07) is 14.4. The van der Waals surface area contributed by atoms with Gasteiger partial charge in [-0.2, -0.15) is 0 Å². The van der Waals surface area contributed by atoms with E-state index >= 15 is 0 Å². The van der Waals surface area contributed by atoms with Crippen LogP contribution in [0.3, 0.4) is 0 Å². The number of amides is 1. The zero-order valence-electron chi connectivity index (χ0n) is 12.1. The highest BCUT2D eigenvalue weighted by molar-refractivity contribution is 5.94. The second-order valence-electron chi connectivity index (χ2n) is 5.66.